The zero-order valence-corrected chi connectivity index (χ0v) is 11.9. The number of fused-ring (bicyclic) bond motifs is 1. The van der Waals surface area contributed by atoms with Crippen LogP contribution in [0.5, 0.6) is 0 Å². The zero-order valence-electron chi connectivity index (χ0n) is 10.2. The van der Waals surface area contributed by atoms with Crippen molar-refractivity contribution in [3.63, 3.8) is 0 Å². The first kappa shape index (κ1) is 13.5. The molecule has 98 valence electrons. The molecule has 0 saturated carbocycles. The first-order valence-corrected chi connectivity index (χ1v) is 8.30. The molecule has 4 nitrogen and oxygen atoms in total. The van der Waals surface area contributed by atoms with Gasteiger partial charge in [0.15, 0.2) is 6.54 Å². The maximum atomic E-state index is 10.5. The fraction of sp³-hybridized carbons (Fsp3) is 0.417. The second-order valence-corrected chi connectivity index (χ2v) is 7.14. The molecule has 1 aromatic carbocycles. The molecule has 0 atom stereocenters. The van der Waals surface area contributed by atoms with Crippen LogP contribution in [0.25, 0.3) is 10.2 Å². The van der Waals surface area contributed by atoms with Crippen LogP contribution in [0.2, 0.25) is 0 Å². The minimum Gasteiger partial charge on any atom is -0.748 e. The van der Waals surface area contributed by atoms with Crippen LogP contribution in [0.1, 0.15) is 17.8 Å². The predicted molar refractivity (Wildman–Crippen MR) is 72.0 cm³/mol. The number of aryl methyl sites for hydroxylation is 2. The number of benzene rings is 1. The van der Waals surface area contributed by atoms with Gasteiger partial charge in [-0.25, -0.2) is 8.42 Å². The van der Waals surface area contributed by atoms with Crippen molar-refractivity contribution < 1.29 is 17.5 Å². The van der Waals surface area contributed by atoms with Gasteiger partial charge in [-0.05, 0) is 6.42 Å². The van der Waals surface area contributed by atoms with Crippen LogP contribution in [0.4, 0.5) is 0 Å². The van der Waals surface area contributed by atoms with Gasteiger partial charge in [-0.2, -0.15) is 0 Å². The van der Waals surface area contributed by atoms with Gasteiger partial charge in [0.2, 0.25) is 4.70 Å². The van der Waals surface area contributed by atoms with E-state index in [0.29, 0.717) is 12.8 Å². The van der Waals surface area contributed by atoms with Crippen molar-refractivity contribution in [2.24, 2.45) is 0 Å². The summed E-state index contributed by atoms with van der Waals surface area (Å²) in [6, 6.07) is 8.19. The molecule has 1 heterocycles. The number of para-hydroxylation sites is 1. The summed E-state index contributed by atoms with van der Waals surface area (Å²) in [6.07, 6.45) is 1.14. The Morgan fingerprint density at radius 1 is 1.28 bits per heavy atom. The molecule has 0 aliphatic rings. The van der Waals surface area contributed by atoms with Gasteiger partial charge in [0.05, 0.1) is 17.0 Å². The van der Waals surface area contributed by atoms with Crippen molar-refractivity contribution >= 4 is 31.7 Å². The molecule has 2 rings (SSSR count). The van der Waals surface area contributed by atoms with Gasteiger partial charge in [-0.15, -0.1) is 4.57 Å². The molecule has 0 spiro atoms. The highest BCUT2D eigenvalue weighted by atomic mass is 32.2. The summed E-state index contributed by atoms with van der Waals surface area (Å²) < 4.78 is 35.0. The Kier molecular flexibility index (Phi) is 3.99. The fourth-order valence-corrected chi connectivity index (χ4v) is 3.73. The lowest BCUT2D eigenvalue weighted by molar-refractivity contribution is -0.673. The lowest BCUT2D eigenvalue weighted by Gasteiger charge is -2.04. The Labute approximate surface area is 111 Å². The fourth-order valence-electron chi connectivity index (χ4n) is 2.03. The minimum atomic E-state index is -4.07. The topological polar surface area (TPSA) is 61.1 Å². The summed E-state index contributed by atoms with van der Waals surface area (Å²) in [5.41, 5.74) is 1.20. The minimum absolute atomic E-state index is 0.265. The van der Waals surface area contributed by atoms with Crippen molar-refractivity contribution in [2.45, 2.75) is 26.3 Å². The SMILES string of the molecule is Cc1[sH+]c2ccccc2[n+]1CCCCS(=O)(=O)[O-]. The number of hydrogen-bond donors (Lipinski definition) is 0. The summed E-state index contributed by atoms with van der Waals surface area (Å²) in [6.45, 7) is 2.84. The van der Waals surface area contributed by atoms with Gasteiger partial charge in [-0.3, -0.25) is 0 Å². The first-order chi connectivity index (χ1) is 8.47. The van der Waals surface area contributed by atoms with Crippen LogP contribution < -0.4 is 4.57 Å². The molecule has 0 aliphatic carbocycles. The van der Waals surface area contributed by atoms with E-state index in [9.17, 15) is 13.0 Å². The van der Waals surface area contributed by atoms with Crippen LogP contribution >= 0.6 is 11.3 Å². The molecule has 0 amide bonds. The average Bonchev–Trinajstić information content (AvgIpc) is 2.59. The highest BCUT2D eigenvalue weighted by molar-refractivity contribution is 7.85. The van der Waals surface area contributed by atoms with E-state index in [1.165, 1.54) is 26.6 Å². The predicted octanol–water partition coefficient (Wildman–Crippen LogP) is 1.55. The molecule has 18 heavy (non-hydrogen) atoms. The quantitative estimate of drug-likeness (QED) is 0.363. The van der Waals surface area contributed by atoms with E-state index in [4.69, 9.17) is 0 Å². The van der Waals surface area contributed by atoms with E-state index < -0.39 is 10.1 Å². The van der Waals surface area contributed by atoms with Crippen molar-refractivity contribution in [3.05, 3.63) is 29.3 Å². The van der Waals surface area contributed by atoms with Gasteiger partial charge >= 0.3 is 5.01 Å². The summed E-state index contributed by atoms with van der Waals surface area (Å²) in [5, 5.41) is 1.25. The third kappa shape index (κ3) is 3.28. The molecular formula is C12H16NO3S2+. The van der Waals surface area contributed by atoms with Gasteiger partial charge in [0, 0.05) is 35.6 Å². The van der Waals surface area contributed by atoms with E-state index in [1.807, 2.05) is 12.1 Å². The maximum Gasteiger partial charge on any atom is 0.375 e. The second-order valence-electron chi connectivity index (χ2n) is 4.27. The van der Waals surface area contributed by atoms with Crippen LogP contribution in [0.3, 0.4) is 0 Å². The molecular weight excluding hydrogens is 270 g/mol. The van der Waals surface area contributed by atoms with E-state index in [1.54, 1.807) is 0 Å². The largest absolute Gasteiger partial charge is 0.748 e. The van der Waals surface area contributed by atoms with E-state index in [-0.39, 0.29) is 5.75 Å². The Hall–Kier alpha value is -0.980. The van der Waals surface area contributed by atoms with Crippen LogP contribution in [-0.2, 0) is 16.7 Å². The van der Waals surface area contributed by atoms with Crippen molar-refractivity contribution in [3.8, 4) is 0 Å². The Morgan fingerprint density at radius 2 is 2.00 bits per heavy atom. The van der Waals surface area contributed by atoms with Gasteiger partial charge in [0.1, 0.15) is 0 Å². The Bertz CT molecular complexity index is 646. The number of nitrogens with zero attached hydrogens (tertiary/aromatic N) is 1. The smallest absolute Gasteiger partial charge is 0.375 e. The first-order valence-electron chi connectivity index (χ1n) is 5.83. The Balaban J connectivity index is 2.06. The third-order valence-electron chi connectivity index (χ3n) is 2.87. The Morgan fingerprint density at radius 3 is 2.72 bits per heavy atom. The molecule has 0 saturated heterocycles. The highest BCUT2D eigenvalue weighted by Gasteiger charge is 2.22. The van der Waals surface area contributed by atoms with Crippen LogP contribution in [0, 0.1) is 6.92 Å². The molecule has 0 radical (unpaired) electrons. The molecule has 0 fully saturated rings. The van der Waals surface area contributed by atoms with Crippen molar-refractivity contribution in [1.29, 1.82) is 0 Å². The third-order valence-corrected chi connectivity index (χ3v) is 4.84. The molecule has 0 unspecified atom stereocenters. The van der Waals surface area contributed by atoms with Crippen molar-refractivity contribution in [1.82, 2.24) is 0 Å². The van der Waals surface area contributed by atoms with E-state index in [2.05, 4.69) is 23.6 Å². The van der Waals surface area contributed by atoms with Crippen LogP contribution in [-0.4, -0.2) is 18.7 Å². The standard InChI is InChI=1S/C12H15NO3S2/c1-10-13(8-4-5-9-18(14,15)16)11-6-2-3-7-12(11)17-10/h2-3,6-7H,4-5,8-9H2,1H3/p+1. The average molecular weight is 286 g/mol. The van der Waals surface area contributed by atoms with Crippen molar-refractivity contribution in [2.75, 3.05) is 5.75 Å². The lowest BCUT2D eigenvalue weighted by Crippen LogP contribution is -2.35. The number of rotatable bonds is 5. The number of hydrogen-bond acceptors (Lipinski definition) is 3. The lowest BCUT2D eigenvalue weighted by atomic mass is 10.3. The summed E-state index contributed by atoms with van der Waals surface area (Å²) in [5.74, 6) is -0.265. The second kappa shape index (κ2) is 5.34. The van der Waals surface area contributed by atoms with Gasteiger partial charge < -0.3 is 4.55 Å². The molecule has 0 N–H and O–H groups in total. The molecule has 0 bridgehead atoms. The zero-order chi connectivity index (χ0) is 13.2. The monoisotopic (exact) mass is 286 g/mol. The molecule has 6 heteroatoms. The molecule has 0 aliphatic heterocycles. The van der Waals surface area contributed by atoms with E-state index in [0.717, 1.165) is 6.54 Å². The molecule has 1 aromatic heterocycles. The summed E-state index contributed by atoms with van der Waals surface area (Å²) >= 11 is 1.21. The number of aromatic nitrogens is 1. The highest BCUT2D eigenvalue weighted by Crippen LogP contribution is 2.19. The number of unbranched alkanes of at least 4 members (excludes halogenated alkanes) is 1. The number of thiazole rings is 1. The van der Waals surface area contributed by atoms with Crippen LogP contribution in [0.15, 0.2) is 24.3 Å². The summed E-state index contributed by atoms with van der Waals surface area (Å²) in [4.78, 5) is 0. The molecule has 2 aromatic rings. The maximum absolute atomic E-state index is 10.5. The van der Waals surface area contributed by atoms with E-state index >= 15 is 0 Å². The van der Waals surface area contributed by atoms with Gasteiger partial charge in [0.25, 0.3) is 5.52 Å². The normalized spacial score (nSPS) is 12.1. The summed E-state index contributed by atoms with van der Waals surface area (Å²) in [7, 11) is -4.07. The van der Waals surface area contributed by atoms with Gasteiger partial charge in [-0.1, -0.05) is 12.1 Å².